The fourth-order valence-corrected chi connectivity index (χ4v) is 2.20. The Hall–Kier alpha value is 0.830. The van der Waals surface area contributed by atoms with E-state index < -0.39 is 15.1 Å². The minimum Gasteiger partial charge on any atom is -0.746 e. The smallest absolute Gasteiger partial charge is 0.746 e. The maximum absolute atomic E-state index is 10.8. The minimum atomic E-state index is -4.67. The summed E-state index contributed by atoms with van der Waals surface area (Å²) >= 11 is 0. The van der Waals surface area contributed by atoms with Gasteiger partial charge in [0.1, 0.15) is 10.1 Å². The molecule has 1 heterocycles. The topological polar surface area (TPSA) is 86.7 Å². The minimum absolute atomic E-state index is 0. The molecule has 0 spiro atoms. The van der Waals surface area contributed by atoms with Gasteiger partial charge in [-0.05, 0) is 5.92 Å². The first kappa shape index (κ1) is 15.8. The Morgan fingerprint density at radius 2 is 2.07 bits per heavy atom. The maximum atomic E-state index is 10.8. The summed E-state index contributed by atoms with van der Waals surface area (Å²) in [6.45, 7) is 3.82. The first-order chi connectivity index (χ1) is 6.26. The van der Waals surface area contributed by atoms with Gasteiger partial charge in [0, 0.05) is 12.8 Å². The second-order valence-electron chi connectivity index (χ2n) is 4.01. The van der Waals surface area contributed by atoms with Crippen molar-refractivity contribution in [1.82, 2.24) is 0 Å². The molecule has 0 radical (unpaired) electrons. The second kappa shape index (κ2) is 5.44. The van der Waals surface area contributed by atoms with Gasteiger partial charge >= 0.3 is 29.6 Å². The molecule has 1 fully saturated rings. The zero-order valence-electron chi connectivity index (χ0n) is 9.26. The largest absolute Gasteiger partial charge is 1.00 e. The summed E-state index contributed by atoms with van der Waals surface area (Å²) in [7, 11) is -4.67. The molecule has 2 atom stereocenters. The van der Waals surface area contributed by atoms with Gasteiger partial charge in [-0.25, -0.2) is 8.42 Å². The van der Waals surface area contributed by atoms with Gasteiger partial charge in [-0.2, -0.15) is 0 Å². The molecule has 1 N–H and O–H groups in total. The van der Waals surface area contributed by atoms with Crippen LogP contribution in [0.2, 0.25) is 0 Å². The summed E-state index contributed by atoms with van der Waals surface area (Å²) in [6.07, 6.45) is -0.629. The molecule has 84 valence electrons. The van der Waals surface area contributed by atoms with Crippen molar-refractivity contribution in [2.24, 2.45) is 5.92 Å². The summed E-state index contributed by atoms with van der Waals surface area (Å²) < 4.78 is 37.7. The first-order valence-electron chi connectivity index (χ1n) is 4.56. The Morgan fingerprint density at radius 3 is 2.47 bits per heavy atom. The quantitative estimate of drug-likeness (QED) is 0.416. The van der Waals surface area contributed by atoms with Crippen LogP contribution in [0.5, 0.6) is 0 Å². The monoisotopic (exact) mass is 246 g/mol. The molecule has 0 aromatic heterocycles. The molecule has 0 aliphatic carbocycles. The van der Waals surface area contributed by atoms with Crippen molar-refractivity contribution < 1.29 is 52.4 Å². The summed E-state index contributed by atoms with van der Waals surface area (Å²) in [5.41, 5.74) is 0. The van der Waals surface area contributed by atoms with Gasteiger partial charge in [-0.1, -0.05) is 13.8 Å². The molecule has 0 saturated carbocycles. The molecule has 1 rings (SSSR count). The molecule has 2 unspecified atom stereocenters. The van der Waals surface area contributed by atoms with Crippen LogP contribution < -0.4 is 29.6 Å². The predicted molar refractivity (Wildman–Crippen MR) is 48.5 cm³/mol. The van der Waals surface area contributed by atoms with Crippen molar-refractivity contribution in [2.75, 3.05) is 6.61 Å². The van der Waals surface area contributed by atoms with E-state index in [9.17, 15) is 18.1 Å². The zero-order chi connectivity index (χ0) is 11.0. The molecule has 5 nitrogen and oxygen atoms in total. The van der Waals surface area contributed by atoms with Crippen molar-refractivity contribution in [1.29, 1.82) is 0 Å². The zero-order valence-corrected chi connectivity index (χ0v) is 12.1. The van der Waals surface area contributed by atoms with Crippen LogP contribution in [0.1, 0.15) is 26.7 Å². The van der Waals surface area contributed by atoms with Gasteiger partial charge in [0.25, 0.3) is 0 Å². The van der Waals surface area contributed by atoms with E-state index in [-0.39, 0.29) is 61.0 Å². The number of aliphatic hydroxyl groups is 1. The van der Waals surface area contributed by atoms with E-state index in [2.05, 4.69) is 0 Å². The van der Waals surface area contributed by atoms with Crippen LogP contribution in [0.4, 0.5) is 0 Å². The Kier molecular flexibility index (Phi) is 5.74. The third-order valence-corrected chi connectivity index (χ3v) is 3.86. The van der Waals surface area contributed by atoms with Crippen molar-refractivity contribution >= 4 is 10.1 Å². The molecule has 15 heavy (non-hydrogen) atoms. The molecule has 1 aliphatic heterocycles. The van der Waals surface area contributed by atoms with E-state index in [4.69, 9.17) is 4.74 Å². The van der Waals surface area contributed by atoms with Crippen LogP contribution in [0.25, 0.3) is 0 Å². The van der Waals surface area contributed by atoms with Crippen LogP contribution in [-0.2, 0) is 14.9 Å². The molecule has 7 heteroatoms. The average Bonchev–Trinajstić information content (AvgIpc) is 2.02. The predicted octanol–water partition coefficient (Wildman–Crippen LogP) is -2.94. The normalized spacial score (nSPS) is 32.5. The SMILES string of the molecule is CC(C)C1CC(O)(S(=O)(=O)[O-])CCO1.[Na+]. The summed E-state index contributed by atoms with van der Waals surface area (Å²) in [6, 6.07) is 0. The van der Waals surface area contributed by atoms with Gasteiger partial charge in [-0.15, -0.1) is 0 Å². The van der Waals surface area contributed by atoms with E-state index >= 15 is 0 Å². The number of rotatable bonds is 2. The molecule has 0 amide bonds. The Bertz CT molecular complexity index is 302. The van der Waals surface area contributed by atoms with Crippen LogP contribution in [0.15, 0.2) is 0 Å². The van der Waals surface area contributed by atoms with Gasteiger partial charge in [0.05, 0.1) is 12.7 Å². The number of ether oxygens (including phenoxy) is 1. The van der Waals surface area contributed by atoms with Crippen molar-refractivity contribution in [3.63, 3.8) is 0 Å². The molecular weight excluding hydrogens is 231 g/mol. The first-order valence-corrected chi connectivity index (χ1v) is 5.96. The van der Waals surface area contributed by atoms with E-state index in [0.717, 1.165) is 0 Å². The molecule has 0 aromatic carbocycles. The fourth-order valence-electron chi connectivity index (χ4n) is 1.50. The molecular formula is C8H15NaO5S. The van der Waals surface area contributed by atoms with E-state index in [1.54, 1.807) is 0 Å². The van der Waals surface area contributed by atoms with E-state index in [1.807, 2.05) is 13.8 Å². The molecule has 1 aliphatic rings. The fraction of sp³-hybridized carbons (Fsp3) is 1.00. The Morgan fingerprint density at radius 1 is 1.53 bits per heavy atom. The summed E-state index contributed by atoms with van der Waals surface area (Å²) in [5, 5.41) is 9.65. The second-order valence-corrected chi connectivity index (χ2v) is 5.68. The van der Waals surface area contributed by atoms with Gasteiger partial charge in [-0.3, -0.25) is 0 Å². The molecule has 0 bridgehead atoms. The summed E-state index contributed by atoms with van der Waals surface area (Å²) in [5.74, 6) is 0.0866. The third-order valence-electron chi connectivity index (χ3n) is 2.55. The number of hydrogen-bond acceptors (Lipinski definition) is 5. The summed E-state index contributed by atoms with van der Waals surface area (Å²) in [4.78, 5) is -2.14. The van der Waals surface area contributed by atoms with Crippen LogP contribution in [0, 0.1) is 5.92 Å². The van der Waals surface area contributed by atoms with Crippen LogP contribution in [-0.4, -0.2) is 35.7 Å². The van der Waals surface area contributed by atoms with Crippen molar-refractivity contribution in [3.05, 3.63) is 0 Å². The van der Waals surface area contributed by atoms with E-state index in [1.165, 1.54) is 0 Å². The average molecular weight is 246 g/mol. The maximum Gasteiger partial charge on any atom is 1.00 e. The molecule has 0 aromatic rings. The third kappa shape index (κ3) is 3.66. The van der Waals surface area contributed by atoms with Crippen LogP contribution in [0.3, 0.4) is 0 Å². The van der Waals surface area contributed by atoms with Crippen molar-refractivity contribution in [3.8, 4) is 0 Å². The van der Waals surface area contributed by atoms with Gasteiger partial charge in [0.15, 0.2) is 4.93 Å². The van der Waals surface area contributed by atoms with Gasteiger partial charge in [0.2, 0.25) is 0 Å². The molecule has 1 saturated heterocycles. The van der Waals surface area contributed by atoms with Crippen molar-refractivity contribution in [2.45, 2.75) is 37.7 Å². The van der Waals surface area contributed by atoms with E-state index in [0.29, 0.717) is 0 Å². The number of hydrogen-bond donors (Lipinski definition) is 1. The standard InChI is InChI=1S/C8H16O5S.Na/c1-6(2)7-5-8(9,3-4-13-7)14(10,11)12;/h6-7,9H,3-5H2,1-2H3,(H,10,11,12);/q;+1/p-1. The van der Waals surface area contributed by atoms with Crippen LogP contribution >= 0.6 is 0 Å². The Labute approximate surface area is 112 Å². The van der Waals surface area contributed by atoms with Gasteiger partial charge < -0.3 is 14.4 Å². The Balaban J connectivity index is 0.00000196.